The van der Waals surface area contributed by atoms with Gasteiger partial charge in [0, 0.05) is 16.3 Å². The summed E-state index contributed by atoms with van der Waals surface area (Å²) in [5.74, 6) is -1.52. The second kappa shape index (κ2) is 9.71. The predicted molar refractivity (Wildman–Crippen MR) is 134 cm³/mol. The van der Waals surface area contributed by atoms with E-state index in [0.717, 1.165) is 10.5 Å². The van der Waals surface area contributed by atoms with Crippen LogP contribution in [0.25, 0.3) is 0 Å². The standard InChI is InChI=1S/C26H21Cl2N3O3/c1-15-20(27)12-7-13-21(15)31-25(33)22(28)23(26(31)34)30-19-11-6-10-18(14-19)24(32)29-16(2)17-8-4-3-5-9-17/h3-14,16,30H,1-2H3,(H,29,32). The van der Waals surface area contributed by atoms with Crippen LogP contribution in [0, 0.1) is 6.92 Å². The predicted octanol–water partition coefficient (Wildman–Crippen LogP) is 5.58. The van der Waals surface area contributed by atoms with E-state index in [1.165, 1.54) is 0 Å². The van der Waals surface area contributed by atoms with Gasteiger partial charge in [0.15, 0.2) is 0 Å². The lowest BCUT2D eigenvalue weighted by Gasteiger charge is -2.18. The average Bonchev–Trinajstić information content (AvgIpc) is 3.04. The highest BCUT2D eigenvalue weighted by molar-refractivity contribution is 6.53. The maximum Gasteiger partial charge on any atom is 0.283 e. The van der Waals surface area contributed by atoms with Crippen LogP contribution in [0.3, 0.4) is 0 Å². The highest BCUT2D eigenvalue weighted by Gasteiger charge is 2.39. The Balaban J connectivity index is 1.53. The van der Waals surface area contributed by atoms with E-state index in [-0.39, 0.29) is 22.7 Å². The molecule has 0 spiro atoms. The van der Waals surface area contributed by atoms with Gasteiger partial charge in [-0.3, -0.25) is 14.4 Å². The third kappa shape index (κ3) is 4.55. The Bertz CT molecular complexity index is 1320. The lowest BCUT2D eigenvalue weighted by atomic mass is 10.1. The molecular weight excluding hydrogens is 473 g/mol. The van der Waals surface area contributed by atoms with E-state index in [1.807, 2.05) is 37.3 Å². The van der Waals surface area contributed by atoms with Crippen molar-refractivity contribution in [2.24, 2.45) is 0 Å². The molecule has 0 aliphatic carbocycles. The Kier molecular flexibility index (Phi) is 6.72. The van der Waals surface area contributed by atoms with Crippen molar-refractivity contribution in [3.05, 3.63) is 105 Å². The molecule has 3 aromatic rings. The molecule has 172 valence electrons. The van der Waals surface area contributed by atoms with Crippen molar-refractivity contribution in [1.82, 2.24) is 5.32 Å². The Morgan fingerprint density at radius 1 is 0.912 bits per heavy atom. The number of hydrogen-bond acceptors (Lipinski definition) is 4. The summed E-state index contributed by atoms with van der Waals surface area (Å²) in [5.41, 5.74) is 2.70. The largest absolute Gasteiger partial charge is 0.350 e. The molecule has 0 radical (unpaired) electrons. The summed E-state index contributed by atoms with van der Waals surface area (Å²) in [7, 11) is 0. The van der Waals surface area contributed by atoms with Crippen LogP contribution in [-0.4, -0.2) is 17.7 Å². The fraction of sp³-hybridized carbons (Fsp3) is 0.115. The van der Waals surface area contributed by atoms with E-state index >= 15 is 0 Å². The van der Waals surface area contributed by atoms with E-state index < -0.39 is 11.8 Å². The van der Waals surface area contributed by atoms with Gasteiger partial charge in [-0.25, -0.2) is 4.90 Å². The first-order chi connectivity index (χ1) is 16.3. The number of halogens is 2. The molecule has 0 fully saturated rings. The third-order valence-corrected chi connectivity index (χ3v) is 6.31. The molecule has 0 bridgehead atoms. The van der Waals surface area contributed by atoms with Gasteiger partial charge in [-0.1, -0.05) is 65.7 Å². The Morgan fingerprint density at radius 2 is 1.62 bits per heavy atom. The summed E-state index contributed by atoms with van der Waals surface area (Å²) in [4.78, 5) is 39.6. The number of benzene rings is 3. The minimum absolute atomic E-state index is 0.0683. The molecule has 6 nitrogen and oxygen atoms in total. The zero-order chi connectivity index (χ0) is 24.4. The highest BCUT2D eigenvalue weighted by atomic mass is 35.5. The SMILES string of the molecule is Cc1c(Cl)cccc1N1C(=O)C(Cl)=C(Nc2cccc(C(=O)NC(C)c3ccccc3)c2)C1=O. The van der Waals surface area contributed by atoms with Gasteiger partial charge >= 0.3 is 0 Å². The van der Waals surface area contributed by atoms with E-state index in [9.17, 15) is 14.4 Å². The molecule has 4 rings (SSSR count). The number of carbonyl (C=O) groups is 3. The van der Waals surface area contributed by atoms with Crippen molar-refractivity contribution in [1.29, 1.82) is 0 Å². The molecule has 3 amide bonds. The fourth-order valence-electron chi connectivity index (χ4n) is 3.66. The summed E-state index contributed by atoms with van der Waals surface area (Å²) < 4.78 is 0. The van der Waals surface area contributed by atoms with Crippen molar-refractivity contribution in [3.63, 3.8) is 0 Å². The maximum atomic E-state index is 13.1. The smallest absolute Gasteiger partial charge is 0.283 e. The van der Waals surface area contributed by atoms with E-state index in [0.29, 0.717) is 27.5 Å². The second-order valence-corrected chi connectivity index (χ2v) is 8.62. The van der Waals surface area contributed by atoms with Gasteiger partial charge in [-0.2, -0.15) is 0 Å². The lowest BCUT2D eigenvalue weighted by Crippen LogP contribution is -2.32. The minimum atomic E-state index is -0.648. The molecule has 1 aliphatic rings. The summed E-state index contributed by atoms with van der Waals surface area (Å²) >= 11 is 12.4. The average molecular weight is 494 g/mol. The number of imide groups is 1. The molecule has 0 aromatic heterocycles. The Labute approximate surface area is 207 Å². The Morgan fingerprint density at radius 3 is 2.35 bits per heavy atom. The molecule has 0 saturated heterocycles. The summed E-state index contributed by atoms with van der Waals surface area (Å²) in [6.07, 6.45) is 0. The first kappa shape index (κ1) is 23.5. The number of carbonyl (C=O) groups excluding carboxylic acids is 3. The van der Waals surface area contributed by atoms with Gasteiger partial charge in [0.1, 0.15) is 10.7 Å². The van der Waals surface area contributed by atoms with Crippen LogP contribution in [-0.2, 0) is 9.59 Å². The first-order valence-corrected chi connectivity index (χ1v) is 11.3. The molecule has 3 aromatic carbocycles. The van der Waals surface area contributed by atoms with E-state index in [2.05, 4.69) is 10.6 Å². The van der Waals surface area contributed by atoms with Crippen LogP contribution in [0.1, 0.15) is 34.5 Å². The molecule has 1 aliphatic heterocycles. The molecule has 8 heteroatoms. The summed E-state index contributed by atoms with van der Waals surface area (Å²) in [6.45, 7) is 3.62. The monoisotopic (exact) mass is 493 g/mol. The summed E-state index contributed by atoms with van der Waals surface area (Å²) in [6, 6.07) is 21.0. The molecule has 2 N–H and O–H groups in total. The normalized spacial score (nSPS) is 14.4. The van der Waals surface area contributed by atoms with Crippen molar-refractivity contribution >= 4 is 52.3 Å². The zero-order valence-electron chi connectivity index (χ0n) is 18.4. The van der Waals surface area contributed by atoms with Crippen LogP contribution in [0.2, 0.25) is 5.02 Å². The van der Waals surface area contributed by atoms with Gasteiger partial charge in [0.2, 0.25) is 0 Å². The van der Waals surface area contributed by atoms with Gasteiger partial charge in [-0.15, -0.1) is 0 Å². The number of hydrogen-bond donors (Lipinski definition) is 2. The minimum Gasteiger partial charge on any atom is -0.350 e. The highest BCUT2D eigenvalue weighted by Crippen LogP contribution is 2.34. The number of rotatable bonds is 6. The van der Waals surface area contributed by atoms with Crippen LogP contribution < -0.4 is 15.5 Å². The van der Waals surface area contributed by atoms with Gasteiger partial charge in [-0.05, 0) is 55.3 Å². The molecule has 1 atom stereocenters. The molecule has 34 heavy (non-hydrogen) atoms. The first-order valence-electron chi connectivity index (χ1n) is 10.5. The fourth-order valence-corrected chi connectivity index (χ4v) is 4.04. The van der Waals surface area contributed by atoms with Gasteiger partial charge < -0.3 is 10.6 Å². The van der Waals surface area contributed by atoms with Crippen molar-refractivity contribution in [2.75, 3.05) is 10.2 Å². The van der Waals surface area contributed by atoms with Crippen molar-refractivity contribution < 1.29 is 14.4 Å². The van der Waals surface area contributed by atoms with E-state index in [1.54, 1.807) is 49.4 Å². The zero-order valence-corrected chi connectivity index (χ0v) is 19.9. The topological polar surface area (TPSA) is 78.5 Å². The van der Waals surface area contributed by atoms with Crippen LogP contribution in [0.15, 0.2) is 83.5 Å². The molecule has 1 heterocycles. The van der Waals surface area contributed by atoms with E-state index in [4.69, 9.17) is 23.2 Å². The van der Waals surface area contributed by atoms with Crippen LogP contribution in [0.5, 0.6) is 0 Å². The van der Waals surface area contributed by atoms with Gasteiger partial charge in [0.25, 0.3) is 17.7 Å². The Hall–Kier alpha value is -3.61. The quantitative estimate of drug-likeness (QED) is 0.439. The molecule has 0 saturated carbocycles. The van der Waals surface area contributed by atoms with Gasteiger partial charge in [0.05, 0.1) is 11.7 Å². The third-order valence-electron chi connectivity index (χ3n) is 5.55. The number of nitrogens with one attached hydrogen (secondary N) is 2. The maximum absolute atomic E-state index is 13.1. The second-order valence-electron chi connectivity index (χ2n) is 7.83. The molecular formula is C26H21Cl2N3O3. The van der Waals surface area contributed by atoms with Crippen LogP contribution >= 0.6 is 23.2 Å². The van der Waals surface area contributed by atoms with Crippen molar-refractivity contribution in [3.8, 4) is 0 Å². The number of anilines is 2. The number of amides is 3. The van der Waals surface area contributed by atoms with Crippen LogP contribution in [0.4, 0.5) is 11.4 Å². The molecule has 1 unspecified atom stereocenters. The summed E-state index contributed by atoms with van der Waals surface area (Å²) in [5, 5.41) is 6.05. The number of nitrogens with zero attached hydrogens (tertiary/aromatic N) is 1. The lowest BCUT2D eigenvalue weighted by molar-refractivity contribution is -0.120. The van der Waals surface area contributed by atoms with Crippen molar-refractivity contribution in [2.45, 2.75) is 19.9 Å².